The van der Waals surface area contributed by atoms with Gasteiger partial charge in [0.05, 0.1) is 0 Å². The minimum absolute atomic E-state index is 0.244. The molecule has 2 aliphatic rings. The smallest absolute Gasteiger partial charge is 0.0158 e. The summed E-state index contributed by atoms with van der Waals surface area (Å²) in [5, 5.41) is 3.80. The van der Waals surface area contributed by atoms with Gasteiger partial charge in [-0.25, -0.2) is 0 Å². The molecular formula is C17H34N2S. The Labute approximate surface area is 130 Å². The summed E-state index contributed by atoms with van der Waals surface area (Å²) in [7, 11) is 0. The highest BCUT2D eigenvalue weighted by molar-refractivity contribution is 7.99. The lowest BCUT2D eigenvalue weighted by Crippen LogP contribution is -2.53. The van der Waals surface area contributed by atoms with Gasteiger partial charge in [-0.15, -0.1) is 0 Å². The lowest BCUT2D eigenvalue weighted by molar-refractivity contribution is 0.0808. The quantitative estimate of drug-likeness (QED) is 0.850. The molecular weight excluding hydrogens is 264 g/mol. The van der Waals surface area contributed by atoms with Gasteiger partial charge in [-0.05, 0) is 46.0 Å². The van der Waals surface area contributed by atoms with Crippen molar-refractivity contribution in [2.75, 3.05) is 31.1 Å². The molecule has 0 aromatic heterocycles. The maximum absolute atomic E-state index is 3.80. The van der Waals surface area contributed by atoms with Crippen LogP contribution in [0.4, 0.5) is 0 Å². The molecule has 2 fully saturated rings. The van der Waals surface area contributed by atoms with E-state index in [0.717, 1.165) is 6.04 Å². The average Bonchev–Trinajstić information content (AvgIpc) is 2.40. The molecule has 20 heavy (non-hydrogen) atoms. The number of thioether (sulfide) groups is 1. The van der Waals surface area contributed by atoms with Crippen molar-refractivity contribution in [1.29, 1.82) is 0 Å². The Hall–Kier alpha value is 0.270. The van der Waals surface area contributed by atoms with Crippen molar-refractivity contribution in [2.45, 2.75) is 71.4 Å². The van der Waals surface area contributed by atoms with Crippen LogP contribution in [0.3, 0.4) is 0 Å². The Morgan fingerprint density at radius 2 is 1.90 bits per heavy atom. The summed E-state index contributed by atoms with van der Waals surface area (Å²) in [6.45, 7) is 13.1. The van der Waals surface area contributed by atoms with E-state index in [2.05, 4.69) is 49.7 Å². The number of nitrogens with one attached hydrogen (secondary N) is 1. The minimum Gasteiger partial charge on any atom is -0.311 e. The molecule has 0 aromatic carbocycles. The van der Waals surface area contributed by atoms with Crippen LogP contribution >= 0.6 is 11.8 Å². The molecule has 1 N–H and O–H groups in total. The SMILES string of the molecule is CC1CSCCN1CC1(CNC(C)(C)C)CCCCC1. The molecule has 0 amide bonds. The number of hydrogen-bond acceptors (Lipinski definition) is 3. The molecule has 3 heteroatoms. The van der Waals surface area contributed by atoms with Gasteiger partial charge in [-0.3, -0.25) is 4.90 Å². The summed E-state index contributed by atoms with van der Waals surface area (Å²) in [6.07, 6.45) is 7.16. The summed E-state index contributed by atoms with van der Waals surface area (Å²) in [5.41, 5.74) is 0.773. The van der Waals surface area contributed by atoms with Gasteiger partial charge in [0.1, 0.15) is 0 Å². The van der Waals surface area contributed by atoms with Gasteiger partial charge >= 0.3 is 0 Å². The van der Waals surface area contributed by atoms with Crippen molar-refractivity contribution >= 4 is 11.8 Å². The van der Waals surface area contributed by atoms with E-state index in [1.54, 1.807) is 0 Å². The van der Waals surface area contributed by atoms with Gasteiger partial charge in [-0.2, -0.15) is 11.8 Å². The Bertz CT molecular complexity index is 292. The summed E-state index contributed by atoms with van der Waals surface area (Å²) < 4.78 is 0. The van der Waals surface area contributed by atoms with Crippen molar-refractivity contribution in [3.8, 4) is 0 Å². The van der Waals surface area contributed by atoms with Crippen LogP contribution in [-0.4, -0.2) is 47.6 Å². The van der Waals surface area contributed by atoms with E-state index in [9.17, 15) is 0 Å². The van der Waals surface area contributed by atoms with Crippen LogP contribution in [0.5, 0.6) is 0 Å². The van der Waals surface area contributed by atoms with Crippen LogP contribution in [-0.2, 0) is 0 Å². The number of nitrogens with zero attached hydrogens (tertiary/aromatic N) is 1. The lowest BCUT2D eigenvalue weighted by atomic mass is 9.73. The third-order valence-corrected chi connectivity index (χ3v) is 6.14. The summed E-state index contributed by atoms with van der Waals surface area (Å²) in [6, 6.07) is 0.766. The van der Waals surface area contributed by atoms with Crippen LogP contribution in [0.15, 0.2) is 0 Å². The largest absolute Gasteiger partial charge is 0.311 e. The van der Waals surface area contributed by atoms with Crippen LogP contribution in [0, 0.1) is 5.41 Å². The third-order valence-electron chi connectivity index (χ3n) is 4.95. The number of hydrogen-bond donors (Lipinski definition) is 1. The Kier molecular flexibility index (Phi) is 5.84. The highest BCUT2D eigenvalue weighted by Crippen LogP contribution is 2.38. The van der Waals surface area contributed by atoms with E-state index in [-0.39, 0.29) is 5.54 Å². The molecule has 118 valence electrons. The van der Waals surface area contributed by atoms with Crippen LogP contribution < -0.4 is 5.32 Å². The first-order chi connectivity index (χ1) is 9.40. The molecule has 0 spiro atoms. The number of rotatable bonds is 4. The van der Waals surface area contributed by atoms with Crippen molar-refractivity contribution in [1.82, 2.24) is 10.2 Å². The summed E-state index contributed by atoms with van der Waals surface area (Å²) in [5.74, 6) is 2.65. The molecule has 1 heterocycles. The normalized spacial score (nSPS) is 28.5. The van der Waals surface area contributed by atoms with E-state index in [1.807, 2.05) is 0 Å². The van der Waals surface area contributed by atoms with Crippen molar-refractivity contribution in [3.63, 3.8) is 0 Å². The van der Waals surface area contributed by atoms with Gasteiger partial charge < -0.3 is 5.32 Å². The Morgan fingerprint density at radius 1 is 1.20 bits per heavy atom. The lowest BCUT2D eigenvalue weighted by Gasteiger charge is -2.45. The molecule has 1 atom stereocenters. The Balaban J connectivity index is 1.98. The predicted molar refractivity (Wildman–Crippen MR) is 91.6 cm³/mol. The zero-order valence-electron chi connectivity index (χ0n) is 14.0. The van der Waals surface area contributed by atoms with Gasteiger partial charge in [-0.1, -0.05) is 19.3 Å². The van der Waals surface area contributed by atoms with E-state index in [0.29, 0.717) is 5.41 Å². The van der Waals surface area contributed by atoms with E-state index in [4.69, 9.17) is 0 Å². The first-order valence-corrected chi connectivity index (χ1v) is 9.63. The second kappa shape index (κ2) is 7.02. The highest BCUT2D eigenvalue weighted by Gasteiger charge is 2.36. The highest BCUT2D eigenvalue weighted by atomic mass is 32.2. The van der Waals surface area contributed by atoms with Crippen LogP contribution in [0.1, 0.15) is 59.8 Å². The molecule has 0 bridgehead atoms. The summed E-state index contributed by atoms with van der Waals surface area (Å²) >= 11 is 2.13. The molecule has 1 saturated heterocycles. The zero-order chi connectivity index (χ0) is 14.6. The standard InChI is InChI=1S/C17H34N2S/c1-15-12-20-11-10-19(15)14-17(8-6-5-7-9-17)13-18-16(2,3)4/h15,18H,5-14H2,1-4H3. The van der Waals surface area contributed by atoms with E-state index in [1.165, 1.54) is 63.2 Å². The molecule has 2 nitrogen and oxygen atoms in total. The minimum atomic E-state index is 0.244. The maximum atomic E-state index is 3.80. The molecule has 2 rings (SSSR count). The molecule has 0 radical (unpaired) electrons. The van der Waals surface area contributed by atoms with Crippen molar-refractivity contribution < 1.29 is 0 Å². The van der Waals surface area contributed by atoms with Gasteiger partial charge in [0, 0.05) is 42.7 Å². The van der Waals surface area contributed by atoms with E-state index < -0.39 is 0 Å². The first-order valence-electron chi connectivity index (χ1n) is 8.47. The molecule has 1 aliphatic carbocycles. The zero-order valence-corrected chi connectivity index (χ0v) is 14.8. The fourth-order valence-electron chi connectivity index (χ4n) is 3.57. The molecule has 1 saturated carbocycles. The Morgan fingerprint density at radius 3 is 2.50 bits per heavy atom. The average molecular weight is 299 g/mol. The molecule has 1 aliphatic heterocycles. The second-order valence-corrected chi connectivity index (χ2v) is 9.21. The van der Waals surface area contributed by atoms with Gasteiger partial charge in [0.15, 0.2) is 0 Å². The second-order valence-electron chi connectivity index (χ2n) is 8.06. The first kappa shape index (κ1) is 16.6. The monoisotopic (exact) mass is 298 g/mol. The van der Waals surface area contributed by atoms with Gasteiger partial charge in [0.25, 0.3) is 0 Å². The fraction of sp³-hybridized carbons (Fsp3) is 1.00. The van der Waals surface area contributed by atoms with Crippen molar-refractivity contribution in [2.24, 2.45) is 5.41 Å². The van der Waals surface area contributed by atoms with Crippen LogP contribution in [0.25, 0.3) is 0 Å². The summed E-state index contributed by atoms with van der Waals surface area (Å²) in [4.78, 5) is 2.77. The molecule has 1 unspecified atom stereocenters. The predicted octanol–water partition coefficient (Wildman–Crippen LogP) is 3.76. The van der Waals surface area contributed by atoms with E-state index >= 15 is 0 Å². The third kappa shape index (κ3) is 4.92. The topological polar surface area (TPSA) is 15.3 Å². The van der Waals surface area contributed by atoms with Gasteiger partial charge in [0.2, 0.25) is 0 Å². The maximum Gasteiger partial charge on any atom is 0.0158 e. The molecule has 0 aromatic rings. The van der Waals surface area contributed by atoms with Crippen LogP contribution in [0.2, 0.25) is 0 Å². The fourth-order valence-corrected chi connectivity index (χ4v) is 4.65. The van der Waals surface area contributed by atoms with Crippen molar-refractivity contribution in [3.05, 3.63) is 0 Å².